The highest BCUT2D eigenvalue weighted by molar-refractivity contribution is 7.92. The predicted octanol–water partition coefficient (Wildman–Crippen LogP) is 6.48. The van der Waals surface area contributed by atoms with Gasteiger partial charge < -0.3 is 19.5 Å². The zero-order valence-electron chi connectivity index (χ0n) is 27.5. The third-order valence-corrected chi connectivity index (χ3v) is 8.95. The Balaban J connectivity index is 1.38. The normalized spacial score (nSPS) is 13.6. The molecule has 0 aliphatic carbocycles. The molecule has 2 heterocycles. The number of carbonyl (C=O) groups excluding carboxylic acids is 1. The van der Waals surface area contributed by atoms with Crippen LogP contribution in [0.4, 0.5) is 21.7 Å². The molecule has 50 heavy (non-hydrogen) atoms. The van der Waals surface area contributed by atoms with Crippen LogP contribution < -0.4 is 28.6 Å². The molecule has 0 bridgehead atoms. The Hall–Kier alpha value is -5.69. The molecule has 4 aromatic carbocycles. The highest BCUT2D eigenvalue weighted by Gasteiger charge is 2.38. The maximum Gasteiger partial charge on any atom is 0.326 e. The summed E-state index contributed by atoms with van der Waals surface area (Å²) in [5, 5.41) is 3.04. The van der Waals surface area contributed by atoms with Crippen LogP contribution >= 0.6 is 0 Å². The minimum atomic E-state index is -4.34. The third-order valence-electron chi connectivity index (χ3n) is 7.57. The molecule has 6 rings (SSSR count). The molecular weight excluding hydrogens is 662 g/mol. The molecule has 1 aliphatic rings. The number of halogens is 1. The first-order valence-electron chi connectivity index (χ1n) is 16.0. The van der Waals surface area contributed by atoms with Crippen molar-refractivity contribution in [2.45, 2.75) is 40.1 Å². The van der Waals surface area contributed by atoms with Gasteiger partial charge in [-0.05, 0) is 35.1 Å². The van der Waals surface area contributed by atoms with Crippen LogP contribution in [0.2, 0.25) is 0 Å². The molecule has 0 atom stereocenters. The number of rotatable bonds is 14. The second kappa shape index (κ2) is 15.2. The largest absolute Gasteiger partial charge is 0.487 e. The van der Waals surface area contributed by atoms with Crippen molar-refractivity contribution in [2.75, 3.05) is 16.2 Å². The summed E-state index contributed by atoms with van der Waals surface area (Å²) in [6, 6.07) is 30.9. The number of nitrogens with zero attached hydrogens (tertiary/aromatic N) is 3. The topological polar surface area (TPSA) is 132 Å². The molecule has 1 aromatic heterocycles. The van der Waals surface area contributed by atoms with E-state index in [2.05, 4.69) is 29.1 Å². The van der Waals surface area contributed by atoms with Gasteiger partial charge in [-0.1, -0.05) is 105 Å². The Morgan fingerprint density at radius 1 is 0.800 bits per heavy atom. The van der Waals surface area contributed by atoms with Crippen LogP contribution in [-0.2, 0) is 41.2 Å². The molecular formula is C37H36FN5O6S. The van der Waals surface area contributed by atoms with E-state index in [9.17, 15) is 13.2 Å². The van der Waals surface area contributed by atoms with Gasteiger partial charge in [-0.25, -0.2) is 13.4 Å². The van der Waals surface area contributed by atoms with Gasteiger partial charge in [0.05, 0.1) is 5.56 Å². The molecule has 2 N–H and O–H groups in total. The first-order valence-corrected chi connectivity index (χ1v) is 17.4. The van der Waals surface area contributed by atoms with E-state index in [0.717, 1.165) is 22.8 Å². The number of hydrogen-bond acceptors (Lipinski definition) is 9. The van der Waals surface area contributed by atoms with Crippen LogP contribution in [0.25, 0.3) is 0 Å². The highest BCUT2D eigenvalue weighted by atomic mass is 32.2. The quantitative estimate of drug-likeness (QED) is 0.134. The molecule has 0 spiro atoms. The average Bonchev–Trinajstić information content (AvgIpc) is 3.38. The standard InChI is InChI=1S/C37H36FN5O6S/c1-25(2)18-30-35(48-23-27-14-8-4-9-15-27)40-37(41-36(30)49-24-28-16-10-5-11-17-28)39-29-19-31(38)34(43-21-33(44)42-50(43,45)46)32(20-29)47-22-26-12-6-3-7-13-26/h3-17,19-20,25H,18,21-24H2,1-2H3,(H,42,44)(H,39,40,41). The van der Waals surface area contributed by atoms with Gasteiger partial charge in [0.25, 0.3) is 5.91 Å². The maximum absolute atomic E-state index is 16.0. The number of carbonyl (C=O) groups is 1. The van der Waals surface area contributed by atoms with E-state index in [1.807, 2.05) is 95.7 Å². The summed E-state index contributed by atoms with van der Waals surface area (Å²) in [5.74, 6) is -0.992. The SMILES string of the molecule is CC(C)Cc1c(OCc2ccccc2)nc(Nc2cc(F)c(N3CC(=O)NS3(=O)=O)c(OCc3ccccc3)c2)nc1OCc1ccccc1. The Kier molecular flexibility index (Phi) is 10.4. The fourth-order valence-electron chi connectivity index (χ4n) is 5.28. The van der Waals surface area contributed by atoms with E-state index in [1.54, 1.807) is 0 Å². The summed E-state index contributed by atoms with van der Waals surface area (Å²) < 4.78 is 62.5. The van der Waals surface area contributed by atoms with Crippen molar-refractivity contribution in [3.05, 3.63) is 131 Å². The van der Waals surface area contributed by atoms with Crippen LogP contribution in [0, 0.1) is 11.7 Å². The van der Waals surface area contributed by atoms with Crippen LogP contribution in [0.15, 0.2) is 103 Å². The number of nitrogens with one attached hydrogen (secondary N) is 2. The summed E-state index contributed by atoms with van der Waals surface area (Å²) in [6.45, 7) is 4.01. The maximum atomic E-state index is 16.0. The van der Waals surface area contributed by atoms with Gasteiger partial charge in [0.1, 0.15) is 37.8 Å². The molecule has 1 amide bonds. The highest BCUT2D eigenvalue weighted by Crippen LogP contribution is 2.39. The van der Waals surface area contributed by atoms with E-state index >= 15 is 4.39 Å². The third kappa shape index (κ3) is 8.47. The Bertz CT molecular complexity index is 1990. The average molecular weight is 698 g/mol. The predicted molar refractivity (Wildman–Crippen MR) is 187 cm³/mol. The van der Waals surface area contributed by atoms with Crippen LogP contribution in [0.1, 0.15) is 36.1 Å². The molecule has 0 unspecified atom stereocenters. The van der Waals surface area contributed by atoms with Gasteiger partial charge in [-0.15, -0.1) is 0 Å². The van der Waals surface area contributed by atoms with Crippen LogP contribution in [0.3, 0.4) is 0 Å². The van der Waals surface area contributed by atoms with E-state index in [0.29, 0.717) is 28.0 Å². The molecule has 1 fully saturated rings. The number of ether oxygens (including phenoxy) is 3. The van der Waals surface area contributed by atoms with Crippen molar-refractivity contribution in [2.24, 2.45) is 5.92 Å². The van der Waals surface area contributed by atoms with Crippen molar-refractivity contribution < 1.29 is 31.8 Å². The molecule has 0 radical (unpaired) electrons. The van der Waals surface area contributed by atoms with E-state index < -0.39 is 34.2 Å². The number of hydrogen-bond donors (Lipinski definition) is 2. The smallest absolute Gasteiger partial charge is 0.326 e. The molecule has 5 aromatic rings. The minimum Gasteiger partial charge on any atom is -0.487 e. The summed E-state index contributed by atoms with van der Waals surface area (Å²) in [4.78, 5) is 21.4. The van der Waals surface area contributed by atoms with Crippen molar-refractivity contribution in [3.8, 4) is 17.5 Å². The van der Waals surface area contributed by atoms with Gasteiger partial charge in [-0.3, -0.25) is 4.79 Å². The number of anilines is 3. The fourth-order valence-corrected chi connectivity index (χ4v) is 6.45. The molecule has 11 nitrogen and oxygen atoms in total. The lowest BCUT2D eigenvalue weighted by Gasteiger charge is -2.21. The second-order valence-electron chi connectivity index (χ2n) is 12.0. The van der Waals surface area contributed by atoms with Gasteiger partial charge in [0.2, 0.25) is 17.7 Å². The first kappa shape index (κ1) is 34.2. The van der Waals surface area contributed by atoms with Crippen LogP contribution in [-0.4, -0.2) is 30.8 Å². The van der Waals surface area contributed by atoms with E-state index in [-0.39, 0.29) is 43.1 Å². The zero-order chi connectivity index (χ0) is 35.1. The van der Waals surface area contributed by atoms with Crippen molar-refractivity contribution in [3.63, 3.8) is 0 Å². The zero-order valence-corrected chi connectivity index (χ0v) is 28.3. The minimum absolute atomic E-state index is 0.00133. The van der Waals surface area contributed by atoms with Crippen molar-refractivity contribution >= 4 is 33.4 Å². The summed E-state index contributed by atoms with van der Waals surface area (Å²) in [6.07, 6.45) is 0.562. The molecule has 13 heteroatoms. The Morgan fingerprint density at radius 2 is 1.30 bits per heavy atom. The lowest BCUT2D eigenvalue weighted by Crippen LogP contribution is -2.30. The summed E-state index contributed by atoms with van der Waals surface area (Å²) in [7, 11) is -4.34. The molecule has 0 saturated carbocycles. The van der Waals surface area contributed by atoms with E-state index in [4.69, 9.17) is 14.2 Å². The fraction of sp³-hybridized carbons (Fsp3) is 0.216. The number of benzene rings is 4. The van der Waals surface area contributed by atoms with Crippen molar-refractivity contribution in [1.82, 2.24) is 14.7 Å². The number of amides is 1. The lowest BCUT2D eigenvalue weighted by atomic mass is 10.0. The summed E-state index contributed by atoms with van der Waals surface area (Å²) >= 11 is 0. The van der Waals surface area contributed by atoms with Gasteiger partial charge in [0, 0.05) is 11.8 Å². The monoisotopic (exact) mass is 697 g/mol. The lowest BCUT2D eigenvalue weighted by molar-refractivity contribution is -0.117. The summed E-state index contributed by atoms with van der Waals surface area (Å²) in [5.41, 5.74) is 3.07. The molecule has 258 valence electrons. The molecule has 1 saturated heterocycles. The first-order chi connectivity index (χ1) is 24.1. The second-order valence-corrected chi connectivity index (χ2v) is 13.6. The van der Waals surface area contributed by atoms with Gasteiger partial charge in [0.15, 0.2) is 5.82 Å². The Morgan fingerprint density at radius 3 is 1.76 bits per heavy atom. The van der Waals surface area contributed by atoms with Gasteiger partial charge >= 0.3 is 10.2 Å². The van der Waals surface area contributed by atoms with Crippen molar-refractivity contribution in [1.29, 1.82) is 0 Å². The van der Waals surface area contributed by atoms with E-state index in [1.165, 1.54) is 6.07 Å². The molecule has 1 aliphatic heterocycles. The Labute approximate surface area is 290 Å². The number of aromatic nitrogens is 2. The van der Waals surface area contributed by atoms with Crippen LogP contribution in [0.5, 0.6) is 17.5 Å². The van der Waals surface area contributed by atoms with Gasteiger partial charge in [-0.2, -0.15) is 18.4 Å².